The molecule has 0 bridgehead atoms. The summed E-state index contributed by atoms with van der Waals surface area (Å²) in [5.41, 5.74) is 3.28. The summed E-state index contributed by atoms with van der Waals surface area (Å²) in [5, 5.41) is 2.90. The lowest BCUT2D eigenvalue weighted by atomic mass is 10.1. The van der Waals surface area contributed by atoms with E-state index in [1.165, 1.54) is 0 Å². The molecule has 0 fully saturated rings. The minimum atomic E-state index is -0.166. The molecule has 0 aliphatic carbocycles. The van der Waals surface area contributed by atoms with Crippen molar-refractivity contribution in [2.24, 2.45) is 0 Å². The first-order valence-electron chi connectivity index (χ1n) is 8.97. The molecule has 3 rings (SSSR count). The Labute approximate surface area is 159 Å². The lowest BCUT2D eigenvalue weighted by Gasteiger charge is -2.14. The van der Waals surface area contributed by atoms with Crippen molar-refractivity contribution in [3.05, 3.63) is 89.5 Å². The van der Waals surface area contributed by atoms with Crippen LogP contribution in [0.15, 0.2) is 72.8 Å². The molecule has 138 valence electrons. The molecule has 1 amide bonds. The molecular formula is C23H23NO3. The van der Waals surface area contributed by atoms with Crippen LogP contribution < -0.4 is 14.8 Å². The van der Waals surface area contributed by atoms with E-state index in [0.29, 0.717) is 18.8 Å². The summed E-state index contributed by atoms with van der Waals surface area (Å²) in [7, 11) is 0. The number of aryl methyl sites for hydroxylation is 1. The van der Waals surface area contributed by atoms with Crippen LogP contribution in [0.25, 0.3) is 0 Å². The smallest absolute Gasteiger partial charge is 0.255 e. The SMILES string of the molecule is CCOc1ccc(C(=O)Nc2ccccc2)cc1COc1cccc(C)c1. The minimum absolute atomic E-state index is 0.166. The van der Waals surface area contributed by atoms with Gasteiger partial charge in [-0.3, -0.25) is 4.79 Å². The molecule has 0 spiro atoms. The van der Waals surface area contributed by atoms with Crippen molar-refractivity contribution in [1.82, 2.24) is 0 Å². The monoisotopic (exact) mass is 361 g/mol. The van der Waals surface area contributed by atoms with Crippen LogP contribution in [0, 0.1) is 6.92 Å². The maximum Gasteiger partial charge on any atom is 0.255 e. The van der Waals surface area contributed by atoms with Crippen molar-refractivity contribution >= 4 is 11.6 Å². The predicted molar refractivity (Wildman–Crippen MR) is 108 cm³/mol. The Balaban J connectivity index is 1.78. The Kier molecular flexibility index (Phi) is 6.10. The maximum absolute atomic E-state index is 12.6. The van der Waals surface area contributed by atoms with Crippen molar-refractivity contribution in [2.75, 3.05) is 11.9 Å². The average molecular weight is 361 g/mol. The van der Waals surface area contributed by atoms with Crippen LogP contribution in [0.4, 0.5) is 5.69 Å². The molecule has 0 aliphatic heterocycles. The molecule has 0 unspecified atom stereocenters. The lowest BCUT2D eigenvalue weighted by Crippen LogP contribution is -2.13. The minimum Gasteiger partial charge on any atom is -0.493 e. The van der Waals surface area contributed by atoms with Crippen molar-refractivity contribution in [2.45, 2.75) is 20.5 Å². The Hall–Kier alpha value is -3.27. The predicted octanol–water partition coefficient (Wildman–Crippen LogP) is 5.23. The summed E-state index contributed by atoms with van der Waals surface area (Å²) < 4.78 is 11.6. The van der Waals surface area contributed by atoms with Gasteiger partial charge < -0.3 is 14.8 Å². The molecule has 0 aromatic heterocycles. The number of ether oxygens (including phenoxy) is 2. The number of benzene rings is 3. The van der Waals surface area contributed by atoms with E-state index in [2.05, 4.69) is 5.32 Å². The standard InChI is InChI=1S/C23H23NO3/c1-3-26-22-13-12-18(23(25)24-20-9-5-4-6-10-20)15-19(22)16-27-21-11-7-8-17(2)14-21/h4-15H,3,16H2,1-2H3,(H,24,25). The van der Waals surface area contributed by atoms with Gasteiger partial charge >= 0.3 is 0 Å². The zero-order valence-corrected chi connectivity index (χ0v) is 15.6. The fourth-order valence-corrected chi connectivity index (χ4v) is 2.72. The van der Waals surface area contributed by atoms with Crippen molar-refractivity contribution in [3.63, 3.8) is 0 Å². The first-order valence-corrected chi connectivity index (χ1v) is 8.97. The van der Waals surface area contributed by atoms with E-state index >= 15 is 0 Å². The Bertz CT molecular complexity index is 907. The highest BCUT2D eigenvalue weighted by atomic mass is 16.5. The van der Waals surface area contributed by atoms with Gasteiger partial charge in [-0.2, -0.15) is 0 Å². The molecule has 3 aromatic rings. The van der Waals surface area contributed by atoms with Gasteiger partial charge in [-0.15, -0.1) is 0 Å². The average Bonchev–Trinajstić information content (AvgIpc) is 2.68. The number of para-hydroxylation sites is 1. The third-order valence-electron chi connectivity index (χ3n) is 4.04. The van der Waals surface area contributed by atoms with Crippen LogP contribution in [-0.4, -0.2) is 12.5 Å². The fourth-order valence-electron chi connectivity index (χ4n) is 2.72. The maximum atomic E-state index is 12.6. The summed E-state index contributed by atoms with van der Waals surface area (Å²) in [6, 6.07) is 22.7. The molecule has 0 radical (unpaired) electrons. The second kappa shape index (κ2) is 8.90. The molecule has 0 saturated heterocycles. The van der Waals surface area contributed by atoms with Gasteiger partial charge in [-0.1, -0.05) is 30.3 Å². The van der Waals surface area contributed by atoms with Crippen LogP contribution in [0.2, 0.25) is 0 Å². The van der Waals surface area contributed by atoms with Crippen LogP contribution in [0.3, 0.4) is 0 Å². The van der Waals surface area contributed by atoms with Gasteiger partial charge in [0.1, 0.15) is 18.1 Å². The van der Waals surface area contributed by atoms with Crippen molar-refractivity contribution < 1.29 is 14.3 Å². The highest BCUT2D eigenvalue weighted by Crippen LogP contribution is 2.24. The van der Waals surface area contributed by atoms with Gasteiger partial charge in [0.25, 0.3) is 5.91 Å². The lowest BCUT2D eigenvalue weighted by molar-refractivity contribution is 0.102. The Morgan fingerprint density at radius 2 is 1.74 bits per heavy atom. The number of hydrogen-bond acceptors (Lipinski definition) is 3. The second-order valence-electron chi connectivity index (χ2n) is 6.18. The molecule has 27 heavy (non-hydrogen) atoms. The van der Waals surface area contributed by atoms with E-state index in [1.807, 2.05) is 80.6 Å². The summed E-state index contributed by atoms with van der Waals surface area (Å²) in [6.07, 6.45) is 0. The summed E-state index contributed by atoms with van der Waals surface area (Å²) in [6.45, 7) is 4.83. The van der Waals surface area contributed by atoms with Crippen molar-refractivity contribution in [3.8, 4) is 11.5 Å². The second-order valence-corrected chi connectivity index (χ2v) is 6.18. The number of anilines is 1. The molecule has 1 N–H and O–H groups in total. The summed E-state index contributed by atoms with van der Waals surface area (Å²) in [4.78, 5) is 12.6. The van der Waals surface area contributed by atoms with E-state index in [-0.39, 0.29) is 5.91 Å². The number of carbonyl (C=O) groups excluding carboxylic acids is 1. The van der Waals surface area contributed by atoms with Gasteiger partial charge in [0.05, 0.1) is 6.61 Å². The highest BCUT2D eigenvalue weighted by molar-refractivity contribution is 6.04. The largest absolute Gasteiger partial charge is 0.493 e. The van der Waals surface area contributed by atoms with E-state index in [1.54, 1.807) is 6.07 Å². The van der Waals surface area contributed by atoms with Gasteiger partial charge in [0.2, 0.25) is 0 Å². The number of carbonyl (C=O) groups is 1. The third kappa shape index (κ3) is 5.11. The van der Waals surface area contributed by atoms with Crippen LogP contribution in [0.5, 0.6) is 11.5 Å². The normalized spacial score (nSPS) is 10.3. The third-order valence-corrected chi connectivity index (χ3v) is 4.04. The highest BCUT2D eigenvalue weighted by Gasteiger charge is 2.12. The van der Waals surface area contributed by atoms with Gasteiger partial charge in [0.15, 0.2) is 0 Å². The zero-order valence-electron chi connectivity index (χ0n) is 15.6. The molecule has 0 heterocycles. The zero-order chi connectivity index (χ0) is 19.1. The van der Waals surface area contributed by atoms with Gasteiger partial charge in [-0.25, -0.2) is 0 Å². The van der Waals surface area contributed by atoms with E-state index < -0.39 is 0 Å². The molecular weight excluding hydrogens is 338 g/mol. The van der Waals surface area contributed by atoms with Crippen LogP contribution in [0.1, 0.15) is 28.4 Å². The number of rotatable bonds is 7. The van der Waals surface area contributed by atoms with Crippen LogP contribution in [-0.2, 0) is 6.61 Å². The summed E-state index contributed by atoms with van der Waals surface area (Å²) >= 11 is 0. The van der Waals surface area contributed by atoms with Gasteiger partial charge in [0, 0.05) is 16.8 Å². The van der Waals surface area contributed by atoms with E-state index in [0.717, 1.165) is 28.3 Å². The first kappa shape index (κ1) is 18.5. The fraction of sp³-hybridized carbons (Fsp3) is 0.174. The molecule has 0 saturated carbocycles. The van der Waals surface area contributed by atoms with Crippen molar-refractivity contribution in [1.29, 1.82) is 0 Å². The first-order chi connectivity index (χ1) is 13.2. The summed E-state index contributed by atoms with van der Waals surface area (Å²) in [5.74, 6) is 1.35. The molecule has 0 atom stereocenters. The molecule has 0 aliphatic rings. The van der Waals surface area contributed by atoms with Gasteiger partial charge in [-0.05, 0) is 61.9 Å². The Morgan fingerprint density at radius 1 is 0.926 bits per heavy atom. The molecule has 4 nitrogen and oxygen atoms in total. The molecule has 4 heteroatoms. The Morgan fingerprint density at radius 3 is 2.48 bits per heavy atom. The molecule has 3 aromatic carbocycles. The van der Waals surface area contributed by atoms with E-state index in [9.17, 15) is 4.79 Å². The number of amides is 1. The number of hydrogen-bond donors (Lipinski definition) is 1. The van der Waals surface area contributed by atoms with Crippen LogP contribution >= 0.6 is 0 Å². The number of nitrogens with one attached hydrogen (secondary N) is 1. The topological polar surface area (TPSA) is 47.6 Å². The van der Waals surface area contributed by atoms with E-state index in [4.69, 9.17) is 9.47 Å². The quantitative estimate of drug-likeness (QED) is 0.627.